The van der Waals surface area contributed by atoms with Crippen molar-refractivity contribution in [1.29, 1.82) is 0 Å². The second-order valence-corrected chi connectivity index (χ2v) is 5.16. The monoisotopic (exact) mass is 309 g/mol. The molecule has 0 amide bonds. The lowest BCUT2D eigenvalue weighted by molar-refractivity contribution is -0.137. The summed E-state index contributed by atoms with van der Waals surface area (Å²) in [4.78, 5) is 0. The van der Waals surface area contributed by atoms with E-state index in [1.807, 2.05) is 30.3 Å². The Morgan fingerprint density at radius 3 is 2.23 bits per heavy atom. The molecule has 0 fully saturated rings. The molecule has 1 unspecified atom stereocenters. The highest BCUT2D eigenvalue weighted by Crippen LogP contribution is 2.31. The summed E-state index contributed by atoms with van der Waals surface area (Å²) in [7, 11) is 0. The molecule has 0 aliphatic rings. The first-order valence-corrected chi connectivity index (χ1v) is 7.01. The topological polar surface area (TPSA) is 32.3 Å². The molecule has 2 atom stereocenters. The number of aliphatic hydroxyl groups excluding tert-OH is 1. The van der Waals surface area contributed by atoms with Gasteiger partial charge in [-0.1, -0.05) is 42.5 Å². The Balaban J connectivity index is 2.16. The Kier molecular flexibility index (Phi) is 5.21. The predicted octanol–water partition coefficient (Wildman–Crippen LogP) is 4.09. The quantitative estimate of drug-likeness (QED) is 0.872. The van der Waals surface area contributed by atoms with Gasteiger partial charge in [-0.15, -0.1) is 0 Å². The highest BCUT2D eigenvalue weighted by atomic mass is 19.4. The normalized spacial score (nSPS) is 14.6. The van der Waals surface area contributed by atoms with Crippen LogP contribution in [0.25, 0.3) is 0 Å². The van der Waals surface area contributed by atoms with Gasteiger partial charge in [-0.2, -0.15) is 13.2 Å². The van der Waals surface area contributed by atoms with Crippen LogP contribution in [0.1, 0.15) is 35.7 Å². The van der Waals surface area contributed by atoms with E-state index in [0.29, 0.717) is 5.56 Å². The molecule has 2 rings (SSSR count). The SMILES string of the molecule is CC(N[C@H](CO)c1ccccc1)c1cccc(C(F)(F)F)c1. The van der Waals surface area contributed by atoms with Crippen molar-refractivity contribution in [3.05, 3.63) is 71.3 Å². The van der Waals surface area contributed by atoms with Crippen LogP contribution in [-0.4, -0.2) is 11.7 Å². The van der Waals surface area contributed by atoms with E-state index in [-0.39, 0.29) is 18.7 Å². The number of alkyl halides is 3. The lowest BCUT2D eigenvalue weighted by atomic mass is 10.0. The molecule has 2 N–H and O–H groups in total. The summed E-state index contributed by atoms with van der Waals surface area (Å²) in [5, 5.41) is 12.7. The number of aliphatic hydroxyl groups is 1. The molecule has 0 radical (unpaired) electrons. The number of halogens is 3. The molecule has 118 valence electrons. The first-order valence-electron chi connectivity index (χ1n) is 7.01. The third-order valence-corrected chi connectivity index (χ3v) is 3.55. The molecule has 2 aromatic carbocycles. The lowest BCUT2D eigenvalue weighted by Crippen LogP contribution is -2.27. The van der Waals surface area contributed by atoms with Gasteiger partial charge in [0, 0.05) is 6.04 Å². The first-order chi connectivity index (χ1) is 10.4. The summed E-state index contributed by atoms with van der Waals surface area (Å²) < 4.78 is 38.3. The fourth-order valence-electron chi connectivity index (χ4n) is 2.32. The van der Waals surface area contributed by atoms with E-state index in [0.717, 1.165) is 17.7 Å². The first kappa shape index (κ1) is 16.5. The molecular weight excluding hydrogens is 291 g/mol. The molecule has 0 aliphatic carbocycles. The van der Waals surface area contributed by atoms with Gasteiger partial charge in [-0.3, -0.25) is 0 Å². The summed E-state index contributed by atoms with van der Waals surface area (Å²) in [5.74, 6) is 0. The third kappa shape index (κ3) is 4.08. The Bertz CT molecular complexity index is 598. The van der Waals surface area contributed by atoms with Crippen LogP contribution in [0.2, 0.25) is 0 Å². The van der Waals surface area contributed by atoms with Crippen molar-refractivity contribution in [3.63, 3.8) is 0 Å². The fourth-order valence-corrected chi connectivity index (χ4v) is 2.32. The van der Waals surface area contributed by atoms with Crippen LogP contribution in [0, 0.1) is 0 Å². The van der Waals surface area contributed by atoms with Crippen molar-refractivity contribution in [2.24, 2.45) is 0 Å². The van der Waals surface area contributed by atoms with Gasteiger partial charge in [0.2, 0.25) is 0 Å². The molecule has 0 saturated carbocycles. The Labute approximate surface area is 127 Å². The summed E-state index contributed by atoms with van der Waals surface area (Å²) in [6.07, 6.45) is -4.36. The molecule has 0 saturated heterocycles. The van der Waals surface area contributed by atoms with Gasteiger partial charge in [-0.25, -0.2) is 0 Å². The Morgan fingerprint density at radius 1 is 1.00 bits per heavy atom. The van der Waals surface area contributed by atoms with E-state index in [4.69, 9.17) is 0 Å². The Morgan fingerprint density at radius 2 is 1.64 bits per heavy atom. The van der Waals surface area contributed by atoms with Crippen LogP contribution in [0.5, 0.6) is 0 Å². The molecule has 0 aromatic heterocycles. The largest absolute Gasteiger partial charge is 0.416 e. The van der Waals surface area contributed by atoms with Crippen LogP contribution in [-0.2, 0) is 6.18 Å². The van der Waals surface area contributed by atoms with Crippen LogP contribution >= 0.6 is 0 Å². The number of hydrogen-bond acceptors (Lipinski definition) is 2. The zero-order chi connectivity index (χ0) is 16.2. The molecule has 0 bridgehead atoms. The maximum atomic E-state index is 12.8. The van der Waals surface area contributed by atoms with Crippen molar-refractivity contribution in [3.8, 4) is 0 Å². The third-order valence-electron chi connectivity index (χ3n) is 3.55. The molecule has 2 nitrogen and oxygen atoms in total. The summed E-state index contributed by atoms with van der Waals surface area (Å²) in [5.41, 5.74) is 0.756. The zero-order valence-corrected chi connectivity index (χ0v) is 12.1. The number of hydrogen-bond donors (Lipinski definition) is 2. The number of nitrogens with one attached hydrogen (secondary N) is 1. The summed E-state index contributed by atoms with van der Waals surface area (Å²) >= 11 is 0. The van der Waals surface area contributed by atoms with Crippen molar-refractivity contribution >= 4 is 0 Å². The van der Waals surface area contributed by atoms with E-state index in [2.05, 4.69) is 5.32 Å². The van der Waals surface area contributed by atoms with Crippen LogP contribution < -0.4 is 5.32 Å². The van der Waals surface area contributed by atoms with E-state index in [9.17, 15) is 18.3 Å². The van der Waals surface area contributed by atoms with Gasteiger partial charge >= 0.3 is 6.18 Å². The maximum absolute atomic E-state index is 12.8. The molecular formula is C17H18F3NO. The molecule has 2 aromatic rings. The highest BCUT2D eigenvalue weighted by molar-refractivity contribution is 5.28. The van der Waals surface area contributed by atoms with E-state index >= 15 is 0 Å². The van der Waals surface area contributed by atoms with Crippen LogP contribution in [0.4, 0.5) is 13.2 Å². The molecule has 22 heavy (non-hydrogen) atoms. The number of benzene rings is 2. The second kappa shape index (κ2) is 6.94. The van der Waals surface area contributed by atoms with Crippen molar-refractivity contribution in [2.75, 3.05) is 6.61 Å². The van der Waals surface area contributed by atoms with Crippen LogP contribution in [0.15, 0.2) is 54.6 Å². The van der Waals surface area contributed by atoms with Gasteiger partial charge in [-0.05, 0) is 30.2 Å². The molecule has 0 spiro atoms. The number of rotatable bonds is 5. The fraction of sp³-hybridized carbons (Fsp3) is 0.294. The average Bonchev–Trinajstić information content (AvgIpc) is 2.52. The van der Waals surface area contributed by atoms with Gasteiger partial charge in [0.1, 0.15) is 0 Å². The van der Waals surface area contributed by atoms with E-state index in [1.165, 1.54) is 6.07 Å². The smallest absolute Gasteiger partial charge is 0.394 e. The Hall–Kier alpha value is -1.85. The lowest BCUT2D eigenvalue weighted by Gasteiger charge is -2.23. The van der Waals surface area contributed by atoms with E-state index in [1.54, 1.807) is 13.0 Å². The molecule has 5 heteroatoms. The zero-order valence-electron chi connectivity index (χ0n) is 12.1. The second-order valence-electron chi connectivity index (χ2n) is 5.16. The minimum atomic E-state index is -4.36. The van der Waals surface area contributed by atoms with Crippen molar-refractivity contribution in [2.45, 2.75) is 25.2 Å². The maximum Gasteiger partial charge on any atom is 0.416 e. The summed E-state index contributed by atoms with van der Waals surface area (Å²) in [6.45, 7) is 1.65. The van der Waals surface area contributed by atoms with Crippen molar-refractivity contribution < 1.29 is 18.3 Å². The average molecular weight is 309 g/mol. The van der Waals surface area contributed by atoms with Gasteiger partial charge in [0.15, 0.2) is 0 Å². The predicted molar refractivity (Wildman–Crippen MR) is 79.3 cm³/mol. The standard InChI is InChI=1S/C17H18F3NO/c1-12(14-8-5-9-15(10-14)17(18,19)20)21-16(11-22)13-6-3-2-4-7-13/h2-10,12,16,21-22H,11H2,1H3/t12?,16-/m1/s1. The van der Waals surface area contributed by atoms with Crippen molar-refractivity contribution in [1.82, 2.24) is 5.32 Å². The summed E-state index contributed by atoms with van der Waals surface area (Å²) in [6, 6.07) is 13.9. The van der Waals surface area contributed by atoms with E-state index < -0.39 is 11.7 Å². The minimum absolute atomic E-state index is 0.132. The van der Waals surface area contributed by atoms with Gasteiger partial charge < -0.3 is 10.4 Å². The van der Waals surface area contributed by atoms with Gasteiger partial charge in [0.05, 0.1) is 18.2 Å². The molecule has 0 aliphatic heterocycles. The minimum Gasteiger partial charge on any atom is -0.394 e. The molecule has 0 heterocycles. The van der Waals surface area contributed by atoms with Gasteiger partial charge in [0.25, 0.3) is 0 Å². The highest BCUT2D eigenvalue weighted by Gasteiger charge is 2.30. The van der Waals surface area contributed by atoms with Crippen LogP contribution in [0.3, 0.4) is 0 Å².